The first-order chi connectivity index (χ1) is 68.0. The van der Waals surface area contributed by atoms with Gasteiger partial charge in [-0.2, -0.15) is 45.3 Å². The van der Waals surface area contributed by atoms with E-state index in [9.17, 15) is 0 Å². The molecule has 0 N–H and O–H groups in total. The monoisotopic (exact) mass is 2330 g/mol. The first-order valence-corrected chi connectivity index (χ1v) is 45.4. The van der Waals surface area contributed by atoms with Gasteiger partial charge in [-0.3, -0.25) is 4.98 Å². The third kappa shape index (κ3) is 14.4. The van der Waals surface area contributed by atoms with Crippen molar-refractivity contribution in [3.63, 3.8) is 0 Å². The van der Waals surface area contributed by atoms with Crippen molar-refractivity contribution >= 4 is 202 Å². The van der Waals surface area contributed by atoms with Gasteiger partial charge < -0.3 is 32.8 Å². The molecule has 0 atom stereocenters. The third-order valence-electron chi connectivity index (χ3n) is 26.2. The van der Waals surface area contributed by atoms with E-state index in [0.717, 1.165) is 218 Å². The van der Waals surface area contributed by atoms with Crippen LogP contribution < -0.4 is 14.7 Å². The number of nitrogens with zero attached hydrogens (tertiary/aromatic N) is 17. The Balaban J connectivity index is 0.000000113. The fourth-order valence-electron chi connectivity index (χ4n) is 20.0. The van der Waals surface area contributed by atoms with E-state index in [1.807, 2.05) is 139 Å². The molecule has 16 aromatic carbocycles. The fraction of sp³-hybridized carbons (Fsp3) is 0. The molecule has 0 amide bonds. The van der Waals surface area contributed by atoms with Crippen LogP contribution in [-0.2, 0) is 63.2 Å². The van der Waals surface area contributed by atoms with Crippen LogP contribution in [0.4, 0.5) is 51.2 Å². The minimum atomic E-state index is 0. The van der Waals surface area contributed by atoms with Crippen LogP contribution >= 0.6 is 0 Å². The molecule has 0 fully saturated rings. The molecule has 0 saturated carbocycles. The van der Waals surface area contributed by atoms with Gasteiger partial charge in [0.25, 0.3) is 0 Å². The van der Waals surface area contributed by atoms with Crippen molar-refractivity contribution in [2.75, 3.05) is 14.7 Å². The molecule has 666 valence electrons. The van der Waals surface area contributed by atoms with Gasteiger partial charge in [-0.1, -0.05) is 274 Å². The summed E-state index contributed by atoms with van der Waals surface area (Å²) in [6, 6.07) is 150. The maximum absolute atomic E-state index is 5.07. The standard InChI is InChI=1S/C46H27N5.2C37H22N6.3Pt/c1-6-16-39-30(11-1)20-21-31-22-23-32(46-48-29-44-36-14-3-2-12-34(36)35-13-4-8-18-41(35)51(44)46)27-42(31)49(39)33-24-25-38-37-15-5-7-17-40(37)50(43(38)28-33)45-19-9-10-26-47-45;1-5-13-33-25(9-1)16-17-26-18-19-28(43-39-31-11-3-4-12-32(31)40-43)24-35(26)41(33)27-20-21-30-29-10-2-6-14-34(29)42(36(30)23-27)37-15-7-8-22-38-37;1-4-12-32-25(9-1)16-17-26-18-19-28(43-34-14-6-3-11-31(34)39-40-43)24-35(26)41(32)27-20-21-30-29-10-2-5-13-33(29)42(36(30)23-27)37-15-7-8-22-38-37;;;/h1-26,29H;2*1-22H;;;/q3*-2;3*+2. The van der Waals surface area contributed by atoms with Crippen LogP contribution in [0.5, 0.6) is 0 Å². The molecular formula is C120H71N17Pt3. The summed E-state index contributed by atoms with van der Waals surface area (Å²) in [7, 11) is 0. The van der Waals surface area contributed by atoms with Gasteiger partial charge in [0.05, 0.1) is 16.9 Å². The second kappa shape index (κ2) is 35.6. The smallest absolute Gasteiger partial charge is 0.357 e. The molecule has 140 heavy (non-hydrogen) atoms. The summed E-state index contributed by atoms with van der Waals surface area (Å²) in [5, 5.41) is 28.8. The summed E-state index contributed by atoms with van der Waals surface area (Å²) in [5.41, 5.74) is 29.4. The van der Waals surface area contributed by atoms with E-state index >= 15 is 0 Å². The summed E-state index contributed by atoms with van der Waals surface area (Å²) < 4.78 is 10.7. The Morgan fingerprint density at radius 1 is 0.229 bits per heavy atom. The zero-order chi connectivity index (χ0) is 90.1. The second-order valence-electron chi connectivity index (χ2n) is 33.9. The third-order valence-corrected chi connectivity index (χ3v) is 26.2. The van der Waals surface area contributed by atoms with Crippen molar-refractivity contribution in [2.45, 2.75) is 0 Å². The first-order valence-electron chi connectivity index (χ1n) is 45.4. The molecule has 26 aromatic rings. The number of benzene rings is 16. The molecule has 0 unspecified atom stereocenters. The predicted molar refractivity (Wildman–Crippen MR) is 554 cm³/mol. The number of hydrogen-bond acceptors (Lipinski definition) is 11. The Hall–Kier alpha value is -16.9. The topological polar surface area (TPSA) is 142 Å². The van der Waals surface area contributed by atoms with Gasteiger partial charge in [-0.15, -0.1) is 129 Å². The molecule has 3 aliphatic rings. The van der Waals surface area contributed by atoms with Crippen LogP contribution in [0.15, 0.2) is 395 Å². The van der Waals surface area contributed by atoms with Gasteiger partial charge in [0.1, 0.15) is 34.0 Å². The summed E-state index contributed by atoms with van der Waals surface area (Å²) >= 11 is 0. The van der Waals surface area contributed by atoms with Crippen molar-refractivity contribution < 1.29 is 63.2 Å². The van der Waals surface area contributed by atoms with E-state index in [2.05, 4.69) is 377 Å². The molecule has 0 radical (unpaired) electrons. The summed E-state index contributed by atoms with van der Waals surface area (Å²) in [6.07, 6.45) is 20.5. The Bertz CT molecular complexity index is 9460. The second-order valence-corrected chi connectivity index (χ2v) is 33.9. The molecule has 0 saturated heterocycles. The van der Waals surface area contributed by atoms with Gasteiger partial charge in [0.2, 0.25) is 0 Å². The Kier molecular flexibility index (Phi) is 21.9. The molecular weight excluding hydrogens is 2260 g/mol. The quantitative estimate of drug-likeness (QED) is 0.101. The van der Waals surface area contributed by atoms with Crippen molar-refractivity contribution in [1.29, 1.82) is 0 Å². The summed E-state index contributed by atoms with van der Waals surface area (Å²) in [6.45, 7) is 0. The number of imidazole rings is 1. The maximum atomic E-state index is 5.07. The predicted octanol–water partition coefficient (Wildman–Crippen LogP) is 28.3. The van der Waals surface area contributed by atoms with Gasteiger partial charge in [0, 0.05) is 74.7 Å². The number of hydrogen-bond donors (Lipinski definition) is 0. The molecule has 17 nitrogen and oxygen atoms in total. The first kappa shape index (κ1) is 85.9. The van der Waals surface area contributed by atoms with Crippen molar-refractivity contribution in [3.05, 3.63) is 465 Å². The largest absolute Gasteiger partial charge is 2.00 e. The van der Waals surface area contributed by atoms with Crippen LogP contribution in [0.3, 0.4) is 0 Å². The van der Waals surface area contributed by atoms with E-state index in [-0.39, 0.29) is 63.2 Å². The van der Waals surface area contributed by atoms with Crippen LogP contribution in [0.2, 0.25) is 0 Å². The van der Waals surface area contributed by atoms with E-state index in [0.29, 0.717) is 0 Å². The maximum Gasteiger partial charge on any atom is 2.00 e. The number of para-hydroxylation sites is 8. The minimum Gasteiger partial charge on any atom is -0.357 e. The normalized spacial score (nSPS) is 12.3. The molecule has 0 bridgehead atoms. The van der Waals surface area contributed by atoms with Crippen LogP contribution in [-0.4, -0.2) is 68.0 Å². The SMILES string of the molecule is [Pt+2].[Pt+2].[Pt+2].[c-]1c(-c2ncc3c4ccccc4c4ccccc4n23)ccc2c1N(c1[c-]c3c(cc1)c1ccccc1n3-c1ccccn1)c1ccccc1C=C2.[c-]1c(-n2nc3ccccc3n2)ccc2c1N(c1[c-]c3c(cc1)c1ccccc1n3-c1ccccn1)c1ccccc1C=C2.[c-]1c(-n2nnc3ccccc32)ccc2c1N(c1[c-]c3c(cc1)c1ccccc1n3-c1ccccn1)c1ccccc1C=C2. The zero-order valence-electron chi connectivity index (χ0n) is 74.0. The van der Waals surface area contributed by atoms with Crippen molar-refractivity contribution in [2.24, 2.45) is 0 Å². The van der Waals surface area contributed by atoms with Crippen molar-refractivity contribution in [3.8, 4) is 40.2 Å². The average molecular weight is 2340 g/mol. The van der Waals surface area contributed by atoms with E-state index in [1.165, 1.54) is 21.5 Å². The van der Waals surface area contributed by atoms with Crippen molar-refractivity contribution in [1.82, 2.24) is 68.0 Å². The Labute approximate surface area is 845 Å². The number of rotatable bonds is 9. The number of fused-ring (bicyclic) bond motifs is 23. The van der Waals surface area contributed by atoms with E-state index in [4.69, 9.17) is 30.1 Å². The number of pyridine rings is 4. The number of aromatic nitrogens is 14. The Morgan fingerprint density at radius 2 is 0.571 bits per heavy atom. The average Bonchev–Trinajstić information content (AvgIpc) is 1.68. The van der Waals surface area contributed by atoms with Gasteiger partial charge in [0.15, 0.2) is 0 Å². The van der Waals surface area contributed by atoms with Gasteiger partial charge >= 0.3 is 63.2 Å². The van der Waals surface area contributed by atoms with Gasteiger partial charge in [-0.05, 0) is 158 Å². The van der Waals surface area contributed by atoms with Crippen LogP contribution in [0.25, 0.3) is 191 Å². The van der Waals surface area contributed by atoms with E-state index < -0.39 is 0 Å². The minimum absolute atomic E-state index is 0. The molecule has 29 rings (SSSR count). The molecule has 10 aromatic heterocycles. The summed E-state index contributed by atoms with van der Waals surface area (Å²) in [5.74, 6) is 3.42. The molecule has 13 heterocycles. The van der Waals surface area contributed by atoms with Crippen LogP contribution in [0, 0.1) is 36.4 Å². The molecule has 0 aliphatic carbocycles. The number of anilines is 9. The summed E-state index contributed by atoms with van der Waals surface area (Å²) in [4.78, 5) is 27.7. The molecule has 0 spiro atoms. The fourth-order valence-corrected chi connectivity index (χ4v) is 20.0. The molecule has 3 aliphatic heterocycles. The Morgan fingerprint density at radius 3 is 1.02 bits per heavy atom. The zero-order valence-corrected chi connectivity index (χ0v) is 80.9. The van der Waals surface area contributed by atoms with Gasteiger partial charge in [-0.25, -0.2) is 19.6 Å². The molecule has 20 heteroatoms. The van der Waals surface area contributed by atoms with E-state index in [1.54, 1.807) is 4.80 Å². The van der Waals surface area contributed by atoms with Crippen LogP contribution in [0.1, 0.15) is 33.4 Å².